The predicted octanol–water partition coefficient (Wildman–Crippen LogP) is 6.28. The van der Waals surface area contributed by atoms with Crippen molar-refractivity contribution in [2.45, 2.75) is 50.7 Å². The van der Waals surface area contributed by atoms with E-state index >= 15 is 0 Å². The number of benzene rings is 3. The summed E-state index contributed by atoms with van der Waals surface area (Å²) in [5.74, 6) is -0.284. The maximum absolute atomic E-state index is 13.8. The van der Waals surface area contributed by atoms with Crippen LogP contribution in [0.15, 0.2) is 89.4 Å². The molecule has 1 atom stereocenters. The van der Waals surface area contributed by atoms with E-state index in [4.69, 9.17) is 0 Å². The summed E-state index contributed by atoms with van der Waals surface area (Å²) in [6.07, 6.45) is 5.47. The number of carbonyl (C=O) groups is 2. The number of hydrogen-bond donors (Lipinski definition) is 1. The summed E-state index contributed by atoms with van der Waals surface area (Å²) in [5.41, 5.74) is 2.35. The van der Waals surface area contributed by atoms with Crippen molar-refractivity contribution in [2.24, 2.45) is 0 Å². The van der Waals surface area contributed by atoms with E-state index < -0.39 is 6.04 Å². The molecule has 1 fully saturated rings. The molecule has 2 amide bonds. The van der Waals surface area contributed by atoms with Gasteiger partial charge in [-0.25, -0.2) is 0 Å². The van der Waals surface area contributed by atoms with E-state index in [1.54, 1.807) is 17.0 Å². The number of carbonyl (C=O) groups excluding carboxylic acids is 2. The van der Waals surface area contributed by atoms with Crippen LogP contribution >= 0.6 is 15.9 Å². The fourth-order valence-electron chi connectivity index (χ4n) is 4.45. The normalized spacial score (nSPS) is 14.9. The molecule has 0 spiro atoms. The van der Waals surface area contributed by atoms with Crippen LogP contribution in [0.25, 0.3) is 0 Å². The second kappa shape index (κ2) is 11.3. The van der Waals surface area contributed by atoms with Gasteiger partial charge >= 0.3 is 0 Å². The van der Waals surface area contributed by atoms with Crippen LogP contribution in [0.2, 0.25) is 0 Å². The molecule has 170 valence electrons. The standard InChI is InChI=1S/C28H29BrN2O2/c29-24-18-16-23(17-19-24)28(33)31(20-21-10-4-1-5-11-21)26(22-12-6-2-7-13-22)27(32)30-25-14-8-3-9-15-25/h1-2,4-7,10-13,16-19,25-26H,3,8-9,14-15,20H2,(H,30,32). The summed E-state index contributed by atoms with van der Waals surface area (Å²) in [5, 5.41) is 3.26. The van der Waals surface area contributed by atoms with Crippen molar-refractivity contribution >= 4 is 27.7 Å². The van der Waals surface area contributed by atoms with Crippen molar-refractivity contribution in [3.63, 3.8) is 0 Å². The molecular formula is C28H29BrN2O2. The summed E-state index contributed by atoms with van der Waals surface area (Å²) >= 11 is 3.44. The largest absolute Gasteiger partial charge is 0.351 e. The van der Waals surface area contributed by atoms with Crippen molar-refractivity contribution in [2.75, 3.05) is 0 Å². The molecule has 3 aromatic carbocycles. The molecule has 1 aliphatic carbocycles. The lowest BCUT2D eigenvalue weighted by atomic mass is 9.94. The number of amides is 2. The monoisotopic (exact) mass is 504 g/mol. The van der Waals surface area contributed by atoms with Gasteiger partial charge in [0.15, 0.2) is 0 Å². The Hall–Kier alpha value is -2.92. The highest BCUT2D eigenvalue weighted by atomic mass is 79.9. The van der Waals surface area contributed by atoms with E-state index in [0.29, 0.717) is 12.1 Å². The Balaban J connectivity index is 1.71. The van der Waals surface area contributed by atoms with E-state index in [2.05, 4.69) is 21.2 Å². The van der Waals surface area contributed by atoms with Crippen molar-refractivity contribution in [3.05, 3.63) is 106 Å². The Labute approximate surface area is 204 Å². The lowest BCUT2D eigenvalue weighted by molar-refractivity contribution is -0.127. The highest BCUT2D eigenvalue weighted by Crippen LogP contribution is 2.27. The fraction of sp³-hybridized carbons (Fsp3) is 0.286. The van der Waals surface area contributed by atoms with Crippen LogP contribution in [0.5, 0.6) is 0 Å². The maximum Gasteiger partial charge on any atom is 0.255 e. The van der Waals surface area contributed by atoms with Gasteiger partial charge in [0, 0.05) is 22.6 Å². The molecule has 4 nitrogen and oxygen atoms in total. The first kappa shape index (κ1) is 23.2. The van der Waals surface area contributed by atoms with Gasteiger partial charge in [-0.05, 0) is 48.2 Å². The smallest absolute Gasteiger partial charge is 0.255 e. The van der Waals surface area contributed by atoms with Crippen molar-refractivity contribution in [1.82, 2.24) is 10.2 Å². The lowest BCUT2D eigenvalue weighted by Crippen LogP contribution is -2.46. The molecule has 1 unspecified atom stereocenters. The average molecular weight is 505 g/mol. The number of rotatable bonds is 7. The predicted molar refractivity (Wildman–Crippen MR) is 135 cm³/mol. The highest BCUT2D eigenvalue weighted by molar-refractivity contribution is 9.10. The molecular weight excluding hydrogens is 476 g/mol. The van der Waals surface area contributed by atoms with Crippen molar-refractivity contribution in [3.8, 4) is 0 Å². The van der Waals surface area contributed by atoms with Crippen LogP contribution in [-0.2, 0) is 11.3 Å². The third-order valence-electron chi connectivity index (χ3n) is 6.17. The van der Waals surface area contributed by atoms with E-state index in [1.165, 1.54) is 6.42 Å². The zero-order chi connectivity index (χ0) is 23.0. The molecule has 4 rings (SSSR count). The fourth-order valence-corrected chi connectivity index (χ4v) is 4.72. The van der Waals surface area contributed by atoms with Gasteiger partial charge in [-0.2, -0.15) is 0 Å². The van der Waals surface area contributed by atoms with E-state index in [0.717, 1.165) is 41.3 Å². The molecule has 0 bridgehead atoms. The quantitative estimate of drug-likeness (QED) is 0.411. The summed E-state index contributed by atoms with van der Waals surface area (Å²) in [4.78, 5) is 29.2. The van der Waals surface area contributed by atoms with Gasteiger partial charge in [-0.3, -0.25) is 9.59 Å². The van der Waals surface area contributed by atoms with Gasteiger partial charge in [0.1, 0.15) is 6.04 Å². The van der Waals surface area contributed by atoms with Crippen LogP contribution in [0.1, 0.15) is 59.6 Å². The molecule has 0 heterocycles. The molecule has 3 aromatic rings. The minimum absolute atomic E-state index is 0.116. The summed E-state index contributed by atoms with van der Waals surface area (Å²) in [7, 11) is 0. The van der Waals surface area contributed by atoms with Crippen LogP contribution < -0.4 is 5.32 Å². The van der Waals surface area contributed by atoms with Crippen LogP contribution in [0, 0.1) is 0 Å². The Morgan fingerprint density at radius 1 is 0.848 bits per heavy atom. The SMILES string of the molecule is O=C(NC1CCCCC1)C(c1ccccc1)N(Cc1ccccc1)C(=O)c1ccc(Br)cc1. The number of nitrogens with zero attached hydrogens (tertiary/aromatic N) is 1. The zero-order valence-corrected chi connectivity index (χ0v) is 20.2. The zero-order valence-electron chi connectivity index (χ0n) is 18.6. The molecule has 1 aliphatic rings. The van der Waals surface area contributed by atoms with Crippen LogP contribution in [-0.4, -0.2) is 22.8 Å². The Morgan fingerprint density at radius 2 is 1.45 bits per heavy atom. The second-order valence-corrected chi connectivity index (χ2v) is 9.50. The first-order chi connectivity index (χ1) is 16.1. The minimum Gasteiger partial charge on any atom is -0.351 e. The first-order valence-corrected chi connectivity index (χ1v) is 12.4. The molecule has 1 N–H and O–H groups in total. The van der Waals surface area contributed by atoms with Gasteiger partial charge in [-0.1, -0.05) is 95.9 Å². The lowest BCUT2D eigenvalue weighted by Gasteiger charge is -2.33. The number of hydrogen-bond acceptors (Lipinski definition) is 2. The van der Waals surface area contributed by atoms with Crippen LogP contribution in [0.3, 0.4) is 0 Å². The number of nitrogens with one attached hydrogen (secondary N) is 1. The van der Waals surface area contributed by atoms with Crippen molar-refractivity contribution < 1.29 is 9.59 Å². The van der Waals surface area contributed by atoms with E-state index in [1.807, 2.05) is 72.8 Å². The summed E-state index contributed by atoms with van der Waals surface area (Å²) in [6, 6.07) is 26.2. The molecule has 0 aliphatic heterocycles. The first-order valence-electron chi connectivity index (χ1n) is 11.6. The maximum atomic E-state index is 13.8. The third kappa shape index (κ3) is 6.11. The van der Waals surface area contributed by atoms with E-state index in [9.17, 15) is 9.59 Å². The molecule has 1 saturated carbocycles. The molecule has 5 heteroatoms. The van der Waals surface area contributed by atoms with Gasteiger partial charge in [0.05, 0.1) is 0 Å². The van der Waals surface area contributed by atoms with Crippen LogP contribution in [0.4, 0.5) is 0 Å². The van der Waals surface area contributed by atoms with Gasteiger partial charge in [-0.15, -0.1) is 0 Å². The average Bonchev–Trinajstić information content (AvgIpc) is 2.85. The molecule has 0 saturated heterocycles. The topological polar surface area (TPSA) is 49.4 Å². The molecule has 0 aromatic heterocycles. The number of halogens is 1. The second-order valence-electron chi connectivity index (χ2n) is 8.58. The van der Waals surface area contributed by atoms with Gasteiger partial charge in [0.2, 0.25) is 5.91 Å². The minimum atomic E-state index is -0.718. The highest BCUT2D eigenvalue weighted by Gasteiger charge is 2.33. The van der Waals surface area contributed by atoms with E-state index in [-0.39, 0.29) is 17.9 Å². The molecule has 0 radical (unpaired) electrons. The third-order valence-corrected chi connectivity index (χ3v) is 6.70. The molecule has 33 heavy (non-hydrogen) atoms. The Kier molecular flexibility index (Phi) is 7.95. The Morgan fingerprint density at radius 3 is 2.09 bits per heavy atom. The summed E-state index contributed by atoms with van der Waals surface area (Å²) in [6.45, 7) is 0.341. The van der Waals surface area contributed by atoms with Gasteiger partial charge in [0.25, 0.3) is 5.91 Å². The van der Waals surface area contributed by atoms with Crippen molar-refractivity contribution in [1.29, 1.82) is 0 Å². The summed E-state index contributed by atoms with van der Waals surface area (Å²) < 4.78 is 0.906. The Bertz CT molecular complexity index is 1050. The van der Waals surface area contributed by atoms with Gasteiger partial charge < -0.3 is 10.2 Å².